The summed E-state index contributed by atoms with van der Waals surface area (Å²) in [5.74, 6) is 0.585. The lowest BCUT2D eigenvalue weighted by molar-refractivity contribution is -0.0511. The van der Waals surface area contributed by atoms with Crippen LogP contribution in [-0.2, 0) is 16.1 Å². The first-order valence-electron chi connectivity index (χ1n) is 11.3. The minimum absolute atomic E-state index is 0.0545. The second-order valence-corrected chi connectivity index (χ2v) is 8.79. The van der Waals surface area contributed by atoms with Gasteiger partial charge in [0.25, 0.3) is 0 Å². The van der Waals surface area contributed by atoms with Crippen molar-refractivity contribution in [2.75, 3.05) is 11.9 Å². The van der Waals surface area contributed by atoms with Crippen LogP contribution >= 0.6 is 0 Å². The quantitative estimate of drug-likeness (QED) is 0.416. The largest absolute Gasteiger partial charge is 0.394 e. The minimum Gasteiger partial charge on any atom is -0.394 e. The molecule has 0 bridgehead atoms. The van der Waals surface area contributed by atoms with Crippen molar-refractivity contribution in [1.29, 1.82) is 0 Å². The number of anilines is 1. The Balaban J connectivity index is 1.31. The van der Waals surface area contributed by atoms with Crippen molar-refractivity contribution in [2.45, 2.75) is 69.5 Å². The highest BCUT2D eigenvalue weighted by Crippen LogP contribution is 2.33. The number of benzene rings is 1. The van der Waals surface area contributed by atoms with Gasteiger partial charge in [0.2, 0.25) is 0 Å². The third-order valence-electron chi connectivity index (χ3n) is 6.51. The molecule has 33 heavy (non-hydrogen) atoms. The lowest BCUT2D eigenvalue weighted by Crippen LogP contribution is -2.33. The van der Waals surface area contributed by atoms with Gasteiger partial charge in [-0.3, -0.25) is 4.57 Å². The number of aryl methyl sites for hydroxylation is 1. The molecule has 1 aromatic carbocycles. The molecule has 4 N–H and O–H groups in total. The van der Waals surface area contributed by atoms with E-state index in [1.54, 1.807) is 4.57 Å². The maximum Gasteiger partial charge on any atom is 0.167 e. The maximum absolute atomic E-state index is 10.4. The molecule has 2 aromatic heterocycles. The summed E-state index contributed by atoms with van der Waals surface area (Å²) in [6.07, 6.45) is 1.80. The highest BCUT2D eigenvalue weighted by molar-refractivity contribution is 5.82. The molecule has 1 saturated carbocycles. The van der Waals surface area contributed by atoms with Crippen molar-refractivity contribution in [3.05, 3.63) is 48.0 Å². The summed E-state index contributed by atoms with van der Waals surface area (Å²) in [7, 11) is 0. The zero-order valence-electron chi connectivity index (χ0n) is 18.4. The molecule has 1 aliphatic heterocycles. The number of imidazole rings is 1. The topological polar surface area (TPSA) is 135 Å². The van der Waals surface area contributed by atoms with Crippen molar-refractivity contribution in [3.8, 4) is 0 Å². The maximum atomic E-state index is 10.4. The van der Waals surface area contributed by atoms with E-state index in [2.05, 4.69) is 51.5 Å². The van der Waals surface area contributed by atoms with Gasteiger partial charge in [-0.05, 0) is 31.7 Å². The van der Waals surface area contributed by atoms with Crippen LogP contribution in [0, 0.1) is 6.92 Å². The van der Waals surface area contributed by atoms with Crippen LogP contribution in [0.3, 0.4) is 0 Å². The Labute approximate surface area is 191 Å². The number of fused-ring (bicyclic) bond motifs is 1. The molecule has 2 aliphatic rings. The summed E-state index contributed by atoms with van der Waals surface area (Å²) in [5, 5.41) is 33.3. The van der Waals surface area contributed by atoms with Crippen LogP contribution in [-0.4, -0.2) is 71.9 Å². The summed E-state index contributed by atoms with van der Waals surface area (Å²) in [4.78, 5) is 13.1. The number of aliphatic hydroxyl groups excluding tert-OH is 3. The molecular formula is C23H29N5O5. The molecule has 10 heteroatoms. The second-order valence-electron chi connectivity index (χ2n) is 8.79. The molecule has 3 aromatic rings. The first kappa shape index (κ1) is 22.2. The van der Waals surface area contributed by atoms with Crippen molar-refractivity contribution in [3.63, 3.8) is 0 Å². The Bertz CT molecular complexity index is 1090. The third-order valence-corrected chi connectivity index (χ3v) is 6.51. The Morgan fingerprint density at radius 1 is 1.12 bits per heavy atom. The third kappa shape index (κ3) is 4.32. The van der Waals surface area contributed by atoms with E-state index in [1.165, 1.54) is 18.2 Å². The predicted octanol–water partition coefficient (Wildman–Crippen LogP) is 1.30. The van der Waals surface area contributed by atoms with Gasteiger partial charge in [-0.15, -0.1) is 0 Å². The van der Waals surface area contributed by atoms with Crippen LogP contribution in [0.4, 0.5) is 5.82 Å². The number of nitrogens with zero attached hydrogens (tertiary/aromatic N) is 4. The summed E-state index contributed by atoms with van der Waals surface area (Å²) >= 11 is 0. The molecule has 0 spiro atoms. The van der Waals surface area contributed by atoms with Crippen molar-refractivity contribution in [2.24, 2.45) is 0 Å². The molecule has 0 amide bonds. The van der Waals surface area contributed by atoms with Gasteiger partial charge in [-0.25, -0.2) is 15.0 Å². The highest BCUT2D eigenvalue weighted by atomic mass is 16.6. The van der Waals surface area contributed by atoms with Crippen LogP contribution in [0.5, 0.6) is 0 Å². The summed E-state index contributed by atoms with van der Waals surface area (Å²) < 4.78 is 13.4. The molecular weight excluding hydrogens is 426 g/mol. The van der Waals surface area contributed by atoms with Gasteiger partial charge in [0.1, 0.15) is 24.6 Å². The van der Waals surface area contributed by atoms with E-state index < -0.39 is 31.1 Å². The van der Waals surface area contributed by atoms with E-state index in [1.807, 2.05) is 0 Å². The van der Waals surface area contributed by atoms with E-state index in [4.69, 9.17) is 9.47 Å². The number of aromatic nitrogens is 4. The lowest BCUT2D eigenvalue weighted by atomic mass is 10.1. The smallest absolute Gasteiger partial charge is 0.167 e. The Morgan fingerprint density at radius 3 is 2.70 bits per heavy atom. The molecule has 0 unspecified atom stereocenters. The fourth-order valence-corrected chi connectivity index (χ4v) is 4.61. The van der Waals surface area contributed by atoms with Gasteiger partial charge in [0, 0.05) is 0 Å². The van der Waals surface area contributed by atoms with E-state index in [0.29, 0.717) is 23.6 Å². The zero-order chi connectivity index (χ0) is 22.9. The standard InChI is InChI=1S/C23H29N5O5/c1-13-5-7-14(8-6-13)10-32-16-4-2-3-15(16)27-21-18-22(25-11-24-21)28(12-26-18)23-20(31)19(30)17(9-29)33-23/h5-8,11-12,15-17,19-20,23,29-31H,2-4,9-10H2,1H3,(H,24,25,27)/t15-,16-,17+,19+,20+,23+/m0/s1. The first-order valence-corrected chi connectivity index (χ1v) is 11.3. The average Bonchev–Trinajstić information content (AvgIpc) is 3.52. The normalized spacial score (nSPS) is 29.7. The van der Waals surface area contributed by atoms with Crippen molar-refractivity contribution in [1.82, 2.24) is 19.5 Å². The Hall–Kier alpha value is -2.63. The number of ether oxygens (including phenoxy) is 2. The molecule has 10 nitrogen and oxygen atoms in total. The van der Waals surface area contributed by atoms with Crippen LogP contribution < -0.4 is 5.32 Å². The average molecular weight is 456 g/mol. The monoisotopic (exact) mass is 455 g/mol. The number of nitrogens with one attached hydrogen (secondary N) is 1. The Kier molecular flexibility index (Phi) is 6.26. The molecule has 5 rings (SSSR count). The lowest BCUT2D eigenvalue weighted by Gasteiger charge is -2.22. The minimum atomic E-state index is -1.21. The van der Waals surface area contributed by atoms with Crippen LogP contribution in [0.15, 0.2) is 36.9 Å². The van der Waals surface area contributed by atoms with Crippen LogP contribution in [0.25, 0.3) is 11.2 Å². The number of hydrogen-bond acceptors (Lipinski definition) is 9. The number of rotatable bonds is 7. The van der Waals surface area contributed by atoms with Crippen molar-refractivity contribution < 1.29 is 24.8 Å². The van der Waals surface area contributed by atoms with Gasteiger partial charge in [-0.1, -0.05) is 29.8 Å². The molecule has 3 heterocycles. The van der Waals surface area contributed by atoms with E-state index >= 15 is 0 Å². The highest BCUT2D eigenvalue weighted by Gasteiger charge is 2.44. The number of hydrogen-bond donors (Lipinski definition) is 4. The van der Waals surface area contributed by atoms with Crippen molar-refractivity contribution >= 4 is 17.0 Å². The molecule has 1 saturated heterocycles. The SMILES string of the molecule is Cc1ccc(CO[C@H]2CCC[C@@H]2Nc2ncnc3c2ncn3[C@@H]2O[C@H](CO)[C@@H](O)[C@H]2O)cc1. The Morgan fingerprint density at radius 2 is 1.94 bits per heavy atom. The first-order chi connectivity index (χ1) is 16.0. The molecule has 176 valence electrons. The van der Waals surface area contributed by atoms with E-state index in [9.17, 15) is 15.3 Å². The zero-order valence-corrected chi connectivity index (χ0v) is 18.4. The van der Waals surface area contributed by atoms with E-state index in [0.717, 1.165) is 24.8 Å². The fraction of sp³-hybridized carbons (Fsp3) is 0.522. The van der Waals surface area contributed by atoms with Gasteiger partial charge < -0.3 is 30.1 Å². The molecule has 1 aliphatic carbocycles. The van der Waals surface area contributed by atoms with Gasteiger partial charge in [0.05, 0.1) is 31.7 Å². The predicted molar refractivity (Wildman–Crippen MR) is 119 cm³/mol. The van der Waals surface area contributed by atoms with Gasteiger partial charge in [0.15, 0.2) is 23.2 Å². The fourth-order valence-electron chi connectivity index (χ4n) is 4.61. The molecule has 6 atom stereocenters. The van der Waals surface area contributed by atoms with E-state index in [-0.39, 0.29) is 12.1 Å². The molecule has 2 fully saturated rings. The van der Waals surface area contributed by atoms with Gasteiger partial charge in [-0.2, -0.15) is 0 Å². The van der Waals surface area contributed by atoms with Crippen LogP contribution in [0.2, 0.25) is 0 Å². The van der Waals surface area contributed by atoms with Gasteiger partial charge >= 0.3 is 0 Å². The van der Waals surface area contributed by atoms with Crippen LogP contribution in [0.1, 0.15) is 36.6 Å². The summed E-state index contributed by atoms with van der Waals surface area (Å²) in [6, 6.07) is 8.44. The summed E-state index contributed by atoms with van der Waals surface area (Å²) in [6.45, 7) is 2.23. The second kappa shape index (κ2) is 9.32. The number of aliphatic hydroxyl groups is 3. The summed E-state index contributed by atoms with van der Waals surface area (Å²) in [5.41, 5.74) is 3.38. The molecule has 0 radical (unpaired) electrons.